The standard InChI is InChI=1S/C18H19FN2O3S/c19-13-4-8-17(9-5-13)25(22,23)21-14-6-7-15(21)12-16(11-14)24-18-3-1-2-10-20-18/h1-5,8-10,14-16H,6-7,11-12H2. The number of sulfonamides is 1. The lowest BCUT2D eigenvalue weighted by Crippen LogP contribution is -2.49. The minimum atomic E-state index is -3.62. The highest BCUT2D eigenvalue weighted by atomic mass is 32.2. The highest BCUT2D eigenvalue weighted by Crippen LogP contribution is 2.40. The summed E-state index contributed by atoms with van der Waals surface area (Å²) in [5.41, 5.74) is 0. The van der Waals surface area contributed by atoms with E-state index in [9.17, 15) is 12.8 Å². The molecule has 0 aliphatic carbocycles. The molecule has 2 saturated heterocycles. The van der Waals surface area contributed by atoms with Crippen molar-refractivity contribution in [3.05, 3.63) is 54.5 Å². The molecule has 0 amide bonds. The van der Waals surface area contributed by atoms with Gasteiger partial charge in [-0.25, -0.2) is 17.8 Å². The molecule has 25 heavy (non-hydrogen) atoms. The first-order valence-electron chi connectivity index (χ1n) is 8.41. The maximum atomic E-state index is 13.1. The summed E-state index contributed by atoms with van der Waals surface area (Å²) in [6.45, 7) is 0. The summed E-state index contributed by atoms with van der Waals surface area (Å²) in [6, 6.07) is 10.4. The van der Waals surface area contributed by atoms with Gasteiger partial charge in [0.05, 0.1) is 4.90 Å². The number of piperidine rings is 1. The van der Waals surface area contributed by atoms with Crippen molar-refractivity contribution in [2.75, 3.05) is 0 Å². The van der Waals surface area contributed by atoms with Gasteiger partial charge in [-0.3, -0.25) is 0 Å². The molecule has 2 bridgehead atoms. The third-order valence-electron chi connectivity index (χ3n) is 4.94. The molecule has 4 rings (SSSR count). The number of aromatic nitrogens is 1. The second-order valence-corrected chi connectivity index (χ2v) is 8.40. The molecule has 2 aliphatic rings. The summed E-state index contributed by atoms with van der Waals surface area (Å²) < 4.78 is 46.6. The van der Waals surface area contributed by atoms with Crippen molar-refractivity contribution in [1.29, 1.82) is 0 Å². The van der Waals surface area contributed by atoms with Crippen LogP contribution in [0, 0.1) is 5.82 Å². The Morgan fingerprint density at radius 2 is 1.72 bits per heavy atom. The van der Waals surface area contributed by atoms with Crippen molar-refractivity contribution in [2.24, 2.45) is 0 Å². The van der Waals surface area contributed by atoms with Crippen LogP contribution < -0.4 is 4.74 Å². The minimum absolute atomic E-state index is 0.0351. The van der Waals surface area contributed by atoms with Crippen molar-refractivity contribution in [3.8, 4) is 5.88 Å². The zero-order valence-corrected chi connectivity index (χ0v) is 14.4. The van der Waals surface area contributed by atoms with Crippen molar-refractivity contribution in [2.45, 2.75) is 48.8 Å². The molecule has 0 saturated carbocycles. The Bertz CT molecular complexity index is 828. The van der Waals surface area contributed by atoms with Crippen LogP contribution in [0.4, 0.5) is 4.39 Å². The summed E-state index contributed by atoms with van der Waals surface area (Å²) in [5.74, 6) is 0.131. The van der Waals surface area contributed by atoms with Crippen molar-refractivity contribution < 1.29 is 17.5 Å². The smallest absolute Gasteiger partial charge is 0.243 e. The van der Waals surface area contributed by atoms with E-state index in [1.54, 1.807) is 10.5 Å². The molecular formula is C18H19FN2O3S. The van der Waals surface area contributed by atoms with Gasteiger partial charge < -0.3 is 4.74 Å². The maximum absolute atomic E-state index is 13.1. The number of benzene rings is 1. The van der Waals surface area contributed by atoms with Crippen LogP contribution in [0.2, 0.25) is 0 Å². The summed E-state index contributed by atoms with van der Waals surface area (Å²) in [4.78, 5) is 4.33. The number of hydrogen-bond acceptors (Lipinski definition) is 4. The van der Waals surface area contributed by atoms with Crippen LogP contribution in [-0.4, -0.2) is 35.9 Å². The fourth-order valence-corrected chi connectivity index (χ4v) is 5.78. The van der Waals surface area contributed by atoms with Gasteiger partial charge in [0, 0.05) is 37.2 Å². The quantitative estimate of drug-likeness (QED) is 0.839. The van der Waals surface area contributed by atoms with Crippen LogP contribution in [-0.2, 0) is 10.0 Å². The zero-order chi connectivity index (χ0) is 17.4. The molecule has 0 spiro atoms. The van der Waals surface area contributed by atoms with Gasteiger partial charge in [0.25, 0.3) is 0 Å². The lowest BCUT2D eigenvalue weighted by Gasteiger charge is -2.37. The van der Waals surface area contributed by atoms with Crippen LogP contribution in [0.3, 0.4) is 0 Å². The summed E-state index contributed by atoms with van der Waals surface area (Å²) in [6.07, 6.45) is 4.59. The van der Waals surface area contributed by atoms with E-state index in [2.05, 4.69) is 4.98 Å². The van der Waals surface area contributed by atoms with E-state index in [-0.39, 0.29) is 23.1 Å². The maximum Gasteiger partial charge on any atom is 0.243 e. The molecular weight excluding hydrogens is 343 g/mol. The predicted octanol–water partition coefficient (Wildman–Crippen LogP) is 2.98. The topological polar surface area (TPSA) is 59.5 Å². The van der Waals surface area contributed by atoms with Crippen molar-refractivity contribution in [1.82, 2.24) is 9.29 Å². The number of pyridine rings is 1. The second-order valence-electron chi connectivity index (χ2n) is 6.55. The largest absolute Gasteiger partial charge is 0.474 e. The van der Waals surface area contributed by atoms with E-state index in [0.717, 1.165) is 12.8 Å². The molecule has 2 fully saturated rings. The molecule has 7 heteroatoms. The fourth-order valence-electron chi connectivity index (χ4n) is 3.89. The first-order chi connectivity index (χ1) is 12.0. The average Bonchev–Trinajstić information content (AvgIpc) is 2.89. The average molecular weight is 362 g/mol. The third kappa shape index (κ3) is 3.14. The van der Waals surface area contributed by atoms with Crippen LogP contribution in [0.25, 0.3) is 0 Å². The van der Waals surface area contributed by atoms with E-state index in [1.165, 1.54) is 24.3 Å². The fraction of sp³-hybridized carbons (Fsp3) is 0.389. The first kappa shape index (κ1) is 16.5. The highest BCUT2D eigenvalue weighted by molar-refractivity contribution is 7.89. The number of rotatable bonds is 4. The molecule has 1 aromatic heterocycles. The van der Waals surface area contributed by atoms with Crippen LogP contribution in [0.5, 0.6) is 5.88 Å². The van der Waals surface area contributed by atoms with E-state index in [4.69, 9.17) is 4.74 Å². The molecule has 2 aromatic rings. The van der Waals surface area contributed by atoms with Gasteiger partial charge in [-0.15, -0.1) is 0 Å². The SMILES string of the molecule is O=S(=O)(c1ccc(F)cc1)N1C2CCC1CC(Oc1ccccn1)C2. The van der Waals surface area contributed by atoms with Gasteiger partial charge >= 0.3 is 0 Å². The van der Waals surface area contributed by atoms with Gasteiger partial charge in [-0.05, 0) is 43.2 Å². The summed E-state index contributed by atoms with van der Waals surface area (Å²) >= 11 is 0. The Hall–Kier alpha value is -1.99. The first-order valence-corrected chi connectivity index (χ1v) is 9.85. The molecule has 2 aliphatic heterocycles. The number of hydrogen-bond donors (Lipinski definition) is 0. The Morgan fingerprint density at radius 3 is 2.32 bits per heavy atom. The molecule has 5 nitrogen and oxygen atoms in total. The number of ether oxygens (including phenoxy) is 1. The molecule has 0 radical (unpaired) electrons. The van der Waals surface area contributed by atoms with Crippen LogP contribution in [0.1, 0.15) is 25.7 Å². The number of fused-ring (bicyclic) bond motifs is 2. The predicted molar refractivity (Wildman–Crippen MR) is 90.1 cm³/mol. The monoisotopic (exact) mass is 362 g/mol. The number of halogens is 1. The van der Waals surface area contributed by atoms with Gasteiger partial charge in [0.1, 0.15) is 11.9 Å². The molecule has 2 atom stereocenters. The minimum Gasteiger partial charge on any atom is -0.474 e. The Morgan fingerprint density at radius 1 is 1.04 bits per heavy atom. The lowest BCUT2D eigenvalue weighted by atomic mass is 10.0. The molecule has 0 N–H and O–H groups in total. The molecule has 1 aromatic carbocycles. The van der Waals surface area contributed by atoms with Crippen molar-refractivity contribution in [3.63, 3.8) is 0 Å². The van der Waals surface area contributed by atoms with E-state index >= 15 is 0 Å². The number of nitrogens with zero attached hydrogens (tertiary/aromatic N) is 2. The molecule has 132 valence electrons. The normalized spacial score (nSPS) is 26.5. The summed E-state index contributed by atoms with van der Waals surface area (Å²) in [7, 11) is -3.62. The highest BCUT2D eigenvalue weighted by Gasteiger charge is 2.47. The van der Waals surface area contributed by atoms with E-state index < -0.39 is 15.8 Å². The van der Waals surface area contributed by atoms with Gasteiger partial charge in [0.2, 0.25) is 15.9 Å². The van der Waals surface area contributed by atoms with Gasteiger partial charge in [0.15, 0.2) is 0 Å². The van der Waals surface area contributed by atoms with Crippen LogP contribution >= 0.6 is 0 Å². The second kappa shape index (κ2) is 6.38. The Balaban J connectivity index is 1.53. The van der Waals surface area contributed by atoms with Gasteiger partial charge in [-0.1, -0.05) is 6.07 Å². The Kier molecular flexibility index (Phi) is 4.21. The molecule has 2 unspecified atom stereocenters. The summed E-state index contributed by atoms with van der Waals surface area (Å²) in [5, 5.41) is 0. The van der Waals surface area contributed by atoms with Crippen molar-refractivity contribution >= 4 is 10.0 Å². The third-order valence-corrected chi connectivity index (χ3v) is 6.96. The van der Waals surface area contributed by atoms with E-state index in [0.29, 0.717) is 18.7 Å². The van der Waals surface area contributed by atoms with Gasteiger partial charge in [-0.2, -0.15) is 4.31 Å². The lowest BCUT2D eigenvalue weighted by molar-refractivity contribution is 0.0918. The zero-order valence-electron chi connectivity index (χ0n) is 13.6. The van der Waals surface area contributed by atoms with E-state index in [1.807, 2.05) is 18.2 Å². The molecule has 3 heterocycles. The Labute approximate surface area is 146 Å². The van der Waals surface area contributed by atoms with Crippen LogP contribution in [0.15, 0.2) is 53.6 Å².